The average Bonchev–Trinajstić information content (AvgIpc) is 2.89. The standard InChI is InChI=1S/C13H18FN3/c14-12-4-11(5-15)13(16-6-12)17-7-9-2-1-3-10(9)8-17/h4,6,9-10H,1-3,5,7-8,15H2. The highest BCUT2D eigenvalue weighted by Gasteiger charge is 2.37. The molecule has 0 spiro atoms. The summed E-state index contributed by atoms with van der Waals surface area (Å²) < 4.78 is 13.1. The largest absolute Gasteiger partial charge is 0.356 e. The Balaban J connectivity index is 1.85. The number of hydrogen-bond acceptors (Lipinski definition) is 3. The predicted molar refractivity (Wildman–Crippen MR) is 65.1 cm³/mol. The quantitative estimate of drug-likeness (QED) is 0.851. The van der Waals surface area contributed by atoms with Gasteiger partial charge in [0.1, 0.15) is 11.6 Å². The maximum Gasteiger partial charge on any atom is 0.141 e. The van der Waals surface area contributed by atoms with Crippen LogP contribution in [0.2, 0.25) is 0 Å². The van der Waals surface area contributed by atoms with Crippen LogP contribution < -0.4 is 10.6 Å². The van der Waals surface area contributed by atoms with Gasteiger partial charge in [0, 0.05) is 25.2 Å². The van der Waals surface area contributed by atoms with E-state index in [4.69, 9.17) is 5.73 Å². The van der Waals surface area contributed by atoms with Gasteiger partial charge in [-0.15, -0.1) is 0 Å². The van der Waals surface area contributed by atoms with E-state index in [1.165, 1.54) is 31.5 Å². The smallest absolute Gasteiger partial charge is 0.141 e. The van der Waals surface area contributed by atoms with Crippen molar-refractivity contribution >= 4 is 5.82 Å². The van der Waals surface area contributed by atoms with E-state index in [-0.39, 0.29) is 5.82 Å². The Bertz CT molecular complexity index is 409. The Morgan fingerprint density at radius 1 is 1.35 bits per heavy atom. The van der Waals surface area contributed by atoms with Gasteiger partial charge in [0.15, 0.2) is 0 Å². The second kappa shape index (κ2) is 4.26. The topological polar surface area (TPSA) is 42.1 Å². The highest BCUT2D eigenvalue weighted by molar-refractivity contribution is 5.48. The zero-order chi connectivity index (χ0) is 11.8. The molecule has 2 aliphatic rings. The summed E-state index contributed by atoms with van der Waals surface area (Å²) in [6.07, 6.45) is 5.33. The van der Waals surface area contributed by atoms with Gasteiger partial charge in [0.2, 0.25) is 0 Å². The van der Waals surface area contributed by atoms with Gasteiger partial charge in [-0.05, 0) is 30.7 Å². The van der Waals surface area contributed by atoms with Crippen LogP contribution in [-0.2, 0) is 6.54 Å². The van der Waals surface area contributed by atoms with Gasteiger partial charge in [-0.2, -0.15) is 0 Å². The molecule has 0 amide bonds. The SMILES string of the molecule is NCc1cc(F)cnc1N1CC2CCCC2C1. The minimum Gasteiger partial charge on any atom is -0.356 e. The summed E-state index contributed by atoms with van der Waals surface area (Å²) in [6, 6.07) is 1.51. The number of hydrogen-bond donors (Lipinski definition) is 1. The molecule has 2 unspecified atom stereocenters. The lowest BCUT2D eigenvalue weighted by Gasteiger charge is -2.21. The van der Waals surface area contributed by atoms with Crippen molar-refractivity contribution in [2.45, 2.75) is 25.8 Å². The lowest BCUT2D eigenvalue weighted by Crippen LogP contribution is -2.24. The number of nitrogens with zero attached hydrogens (tertiary/aromatic N) is 2. The van der Waals surface area contributed by atoms with Gasteiger partial charge in [0.25, 0.3) is 0 Å². The Kier molecular flexibility index (Phi) is 2.74. The molecule has 1 saturated carbocycles. The molecule has 0 radical (unpaired) electrons. The Morgan fingerprint density at radius 2 is 2.06 bits per heavy atom. The molecule has 0 aromatic carbocycles. The summed E-state index contributed by atoms with van der Waals surface area (Å²) in [6.45, 7) is 2.48. The molecule has 3 nitrogen and oxygen atoms in total. The predicted octanol–water partition coefficient (Wildman–Crippen LogP) is 1.92. The van der Waals surface area contributed by atoms with Crippen LogP contribution in [0.4, 0.5) is 10.2 Å². The highest BCUT2D eigenvalue weighted by atomic mass is 19.1. The third kappa shape index (κ3) is 1.90. The van der Waals surface area contributed by atoms with E-state index in [2.05, 4.69) is 9.88 Å². The molecule has 0 bridgehead atoms. The maximum absolute atomic E-state index is 13.1. The second-order valence-corrected chi connectivity index (χ2v) is 5.20. The van der Waals surface area contributed by atoms with Gasteiger partial charge >= 0.3 is 0 Å². The molecule has 17 heavy (non-hydrogen) atoms. The van der Waals surface area contributed by atoms with Crippen LogP contribution in [0.3, 0.4) is 0 Å². The molecule has 1 aliphatic heterocycles. The zero-order valence-electron chi connectivity index (χ0n) is 9.90. The van der Waals surface area contributed by atoms with Crippen LogP contribution in [0.5, 0.6) is 0 Å². The van der Waals surface area contributed by atoms with Crippen LogP contribution in [-0.4, -0.2) is 18.1 Å². The zero-order valence-corrected chi connectivity index (χ0v) is 9.90. The van der Waals surface area contributed by atoms with Crippen molar-refractivity contribution in [2.24, 2.45) is 17.6 Å². The highest BCUT2D eigenvalue weighted by Crippen LogP contribution is 2.39. The normalized spacial score (nSPS) is 27.5. The van der Waals surface area contributed by atoms with Crippen LogP contribution in [0.15, 0.2) is 12.3 Å². The maximum atomic E-state index is 13.1. The Hall–Kier alpha value is -1.16. The molecule has 1 saturated heterocycles. The minimum atomic E-state index is -0.298. The number of anilines is 1. The molecule has 2 heterocycles. The first-order chi connectivity index (χ1) is 8.28. The van der Waals surface area contributed by atoms with Gasteiger partial charge in [-0.25, -0.2) is 9.37 Å². The lowest BCUT2D eigenvalue weighted by molar-refractivity contribution is 0.494. The van der Waals surface area contributed by atoms with Gasteiger partial charge < -0.3 is 10.6 Å². The van der Waals surface area contributed by atoms with E-state index >= 15 is 0 Å². The van der Waals surface area contributed by atoms with Crippen LogP contribution >= 0.6 is 0 Å². The minimum absolute atomic E-state index is 0.298. The van der Waals surface area contributed by atoms with E-state index in [1.807, 2.05) is 0 Å². The third-order valence-corrected chi connectivity index (χ3v) is 4.16. The van der Waals surface area contributed by atoms with Gasteiger partial charge in [0.05, 0.1) is 6.20 Å². The summed E-state index contributed by atoms with van der Waals surface area (Å²) in [5.41, 5.74) is 6.49. The first kappa shape index (κ1) is 11.0. The second-order valence-electron chi connectivity index (χ2n) is 5.20. The summed E-state index contributed by atoms with van der Waals surface area (Å²) in [5.74, 6) is 2.22. The molecule has 1 aromatic heterocycles. The Labute approximate surface area is 101 Å². The van der Waals surface area contributed by atoms with Crippen molar-refractivity contribution in [2.75, 3.05) is 18.0 Å². The van der Waals surface area contributed by atoms with Crippen molar-refractivity contribution in [3.05, 3.63) is 23.6 Å². The molecular formula is C13H18FN3. The van der Waals surface area contributed by atoms with E-state index < -0.39 is 0 Å². The summed E-state index contributed by atoms with van der Waals surface area (Å²) >= 11 is 0. The van der Waals surface area contributed by atoms with E-state index in [0.717, 1.165) is 36.3 Å². The lowest BCUT2D eigenvalue weighted by atomic mass is 10.0. The summed E-state index contributed by atoms with van der Waals surface area (Å²) in [5, 5.41) is 0. The number of pyridine rings is 1. The van der Waals surface area contributed by atoms with Crippen molar-refractivity contribution < 1.29 is 4.39 Å². The molecule has 4 heteroatoms. The van der Waals surface area contributed by atoms with Crippen molar-refractivity contribution in [1.29, 1.82) is 0 Å². The number of fused-ring (bicyclic) bond motifs is 1. The van der Waals surface area contributed by atoms with Crippen molar-refractivity contribution in [3.8, 4) is 0 Å². The summed E-state index contributed by atoms with van der Waals surface area (Å²) in [4.78, 5) is 6.52. The monoisotopic (exact) mass is 235 g/mol. The number of rotatable bonds is 2. The van der Waals surface area contributed by atoms with Crippen LogP contribution in [0.25, 0.3) is 0 Å². The fourth-order valence-corrected chi connectivity index (χ4v) is 3.32. The molecule has 1 aliphatic carbocycles. The number of halogens is 1. The molecular weight excluding hydrogens is 217 g/mol. The molecule has 3 rings (SSSR count). The van der Waals surface area contributed by atoms with Crippen molar-refractivity contribution in [3.63, 3.8) is 0 Å². The Morgan fingerprint density at radius 3 is 2.71 bits per heavy atom. The van der Waals surface area contributed by atoms with Gasteiger partial charge in [-0.1, -0.05) is 6.42 Å². The summed E-state index contributed by atoms with van der Waals surface area (Å²) in [7, 11) is 0. The van der Waals surface area contributed by atoms with E-state index in [9.17, 15) is 4.39 Å². The molecule has 1 aromatic rings. The number of nitrogens with two attached hydrogens (primary N) is 1. The van der Waals surface area contributed by atoms with Crippen molar-refractivity contribution in [1.82, 2.24) is 4.98 Å². The van der Waals surface area contributed by atoms with E-state index in [0.29, 0.717) is 6.54 Å². The third-order valence-electron chi connectivity index (χ3n) is 4.16. The van der Waals surface area contributed by atoms with E-state index in [1.54, 1.807) is 0 Å². The number of aromatic nitrogens is 1. The first-order valence-corrected chi connectivity index (χ1v) is 6.37. The average molecular weight is 235 g/mol. The molecule has 2 atom stereocenters. The molecule has 2 N–H and O–H groups in total. The fraction of sp³-hybridized carbons (Fsp3) is 0.615. The van der Waals surface area contributed by atoms with Gasteiger partial charge in [-0.3, -0.25) is 0 Å². The van der Waals surface area contributed by atoms with Crippen LogP contribution in [0, 0.1) is 17.7 Å². The molecule has 2 fully saturated rings. The molecule has 92 valence electrons. The fourth-order valence-electron chi connectivity index (χ4n) is 3.32. The first-order valence-electron chi connectivity index (χ1n) is 6.37. The van der Waals surface area contributed by atoms with Crippen LogP contribution in [0.1, 0.15) is 24.8 Å².